The fraction of sp³-hybridized carbons (Fsp3) is 0.500. The Balaban J connectivity index is 1.73. The summed E-state index contributed by atoms with van der Waals surface area (Å²) in [6.45, 7) is 4.56. The molecule has 0 saturated heterocycles. The van der Waals surface area contributed by atoms with E-state index >= 15 is 0 Å². The number of hydrogen-bond donors (Lipinski definition) is 0. The van der Waals surface area contributed by atoms with Gasteiger partial charge in [-0.2, -0.15) is 0 Å². The first kappa shape index (κ1) is 27.4. The molecule has 0 unspecified atom stereocenters. The van der Waals surface area contributed by atoms with Gasteiger partial charge in [0.15, 0.2) is 0 Å². The maximum Gasteiger partial charge on any atom is 0.109 e. The molecule has 7 heteroatoms. The van der Waals surface area contributed by atoms with Crippen LogP contribution >= 0.6 is 65.9 Å². The summed E-state index contributed by atoms with van der Waals surface area (Å²) in [5, 5.41) is 0. The van der Waals surface area contributed by atoms with Crippen LogP contribution in [0.25, 0.3) is 30.5 Å². The van der Waals surface area contributed by atoms with Crippen molar-refractivity contribution < 1.29 is 0 Å². The molecular weight excluding hydrogens is 620 g/mol. The molecule has 0 aliphatic heterocycles. The highest BCUT2D eigenvalue weighted by atomic mass is 79.9. The summed E-state index contributed by atoms with van der Waals surface area (Å²) < 4.78 is 2.31. The smallest absolute Gasteiger partial charge is 0.109 e. The van der Waals surface area contributed by atoms with Crippen LogP contribution in [-0.4, -0.2) is 9.97 Å². The van der Waals surface area contributed by atoms with E-state index in [1.54, 1.807) is 22.7 Å². The minimum absolute atomic E-state index is 1.04. The van der Waals surface area contributed by atoms with E-state index in [1.807, 2.05) is 11.3 Å². The topological polar surface area (TPSA) is 25.8 Å². The molecule has 0 aliphatic carbocycles. The number of fused-ring (bicyclic) bond motifs is 1. The fourth-order valence-corrected chi connectivity index (χ4v) is 8.59. The summed E-state index contributed by atoms with van der Waals surface area (Å²) in [5.41, 5.74) is 4.64. The molecule has 0 atom stereocenters. The third-order valence-electron chi connectivity index (χ3n) is 6.31. The van der Waals surface area contributed by atoms with E-state index in [2.05, 4.69) is 70.0 Å². The lowest BCUT2D eigenvalue weighted by Crippen LogP contribution is -2.03. The molecule has 2 nitrogen and oxygen atoms in total. The van der Waals surface area contributed by atoms with Crippen LogP contribution in [0.2, 0.25) is 0 Å². The van der Waals surface area contributed by atoms with Crippen LogP contribution in [0.3, 0.4) is 0 Å². The lowest BCUT2D eigenvalue weighted by molar-refractivity contribution is 0.612. The summed E-state index contributed by atoms with van der Waals surface area (Å²) in [5.74, 6) is 0. The Labute approximate surface area is 238 Å². The predicted molar refractivity (Wildman–Crippen MR) is 164 cm³/mol. The molecule has 188 valence electrons. The van der Waals surface area contributed by atoms with Gasteiger partial charge in [0.25, 0.3) is 0 Å². The SMILES string of the molecule is CCCCCCCc1nc2c(-c3ccc(Br)s3)sc(-c3ccc(Br)s3)c2nc1CCCCCCC. The highest BCUT2D eigenvalue weighted by Crippen LogP contribution is 2.47. The van der Waals surface area contributed by atoms with Gasteiger partial charge < -0.3 is 0 Å². The van der Waals surface area contributed by atoms with Crippen LogP contribution < -0.4 is 0 Å². The summed E-state index contributed by atoms with van der Waals surface area (Å²) in [6.07, 6.45) is 14.9. The van der Waals surface area contributed by atoms with Gasteiger partial charge in [-0.25, -0.2) is 9.97 Å². The Kier molecular flexibility index (Phi) is 10.8. The molecule has 0 bridgehead atoms. The number of unbranched alkanes of at least 4 members (excludes halogenated alkanes) is 8. The Morgan fingerprint density at radius 1 is 0.571 bits per heavy atom. The molecule has 0 fully saturated rings. The van der Waals surface area contributed by atoms with E-state index in [4.69, 9.17) is 9.97 Å². The average molecular weight is 655 g/mol. The van der Waals surface area contributed by atoms with Gasteiger partial charge in [-0.15, -0.1) is 34.0 Å². The number of rotatable bonds is 14. The number of thiophene rings is 3. The van der Waals surface area contributed by atoms with Gasteiger partial charge >= 0.3 is 0 Å². The first-order chi connectivity index (χ1) is 17.1. The van der Waals surface area contributed by atoms with Crippen molar-refractivity contribution in [1.82, 2.24) is 9.97 Å². The second kappa shape index (κ2) is 13.8. The second-order valence-corrected chi connectivity index (χ2v) is 15.1. The van der Waals surface area contributed by atoms with Crippen molar-refractivity contribution in [2.24, 2.45) is 0 Å². The molecule has 0 saturated carbocycles. The van der Waals surface area contributed by atoms with E-state index in [1.165, 1.54) is 95.1 Å². The molecule has 0 amide bonds. The van der Waals surface area contributed by atoms with Gasteiger partial charge in [-0.1, -0.05) is 65.2 Å². The van der Waals surface area contributed by atoms with Crippen LogP contribution in [-0.2, 0) is 12.8 Å². The van der Waals surface area contributed by atoms with Crippen molar-refractivity contribution in [2.45, 2.75) is 90.9 Å². The highest BCUT2D eigenvalue weighted by Gasteiger charge is 2.21. The van der Waals surface area contributed by atoms with Gasteiger partial charge in [0.1, 0.15) is 11.0 Å². The van der Waals surface area contributed by atoms with Crippen molar-refractivity contribution >= 4 is 76.9 Å². The van der Waals surface area contributed by atoms with Crippen molar-refractivity contribution in [3.8, 4) is 19.5 Å². The molecule has 0 aliphatic rings. The molecule has 0 spiro atoms. The van der Waals surface area contributed by atoms with E-state index in [0.29, 0.717) is 0 Å². The van der Waals surface area contributed by atoms with Crippen molar-refractivity contribution in [1.29, 1.82) is 0 Å². The van der Waals surface area contributed by atoms with Gasteiger partial charge in [0, 0.05) is 9.75 Å². The second-order valence-electron chi connectivity index (χ2n) is 9.11. The lowest BCUT2D eigenvalue weighted by atomic mass is 10.0. The van der Waals surface area contributed by atoms with Crippen LogP contribution in [0.1, 0.15) is 89.4 Å². The summed E-state index contributed by atoms with van der Waals surface area (Å²) in [6, 6.07) is 8.70. The van der Waals surface area contributed by atoms with Crippen molar-refractivity contribution in [3.05, 3.63) is 43.2 Å². The molecule has 4 heterocycles. The molecular formula is C28H34Br2N2S3. The minimum Gasteiger partial charge on any atom is -0.248 e. The molecule has 4 aromatic rings. The van der Waals surface area contributed by atoms with E-state index in [0.717, 1.165) is 31.4 Å². The Bertz CT molecular complexity index is 1130. The summed E-state index contributed by atoms with van der Waals surface area (Å²) >= 11 is 12.7. The quantitative estimate of drug-likeness (QED) is 0.127. The van der Waals surface area contributed by atoms with Crippen LogP contribution in [0.4, 0.5) is 0 Å². The first-order valence-electron chi connectivity index (χ1n) is 12.9. The highest BCUT2D eigenvalue weighted by molar-refractivity contribution is 9.11. The van der Waals surface area contributed by atoms with Gasteiger partial charge in [0.05, 0.1) is 28.7 Å². The number of aryl methyl sites for hydroxylation is 2. The zero-order valence-electron chi connectivity index (χ0n) is 20.7. The van der Waals surface area contributed by atoms with Crippen LogP contribution in [0.15, 0.2) is 31.8 Å². The summed E-state index contributed by atoms with van der Waals surface area (Å²) in [4.78, 5) is 15.8. The number of halogens is 2. The van der Waals surface area contributed by atoms with Crippen molar-refractivity contribution in [3.63, 3.8) is 0 Å². The maximum atomic E-state index is 5.38. The predicted octanol–water partition coefficient (Wildman–Crippen LogP) is 11.7. The molecule has 35 heavy (non-hydrogen) atoms. The summed E-state index contributed by atoms with van der Waals surface area (Å²) in [7, 11) is 0. The lowest BCUT2D eigenvalue weighted by Gasteiger charge is -2.10. The Morgan fingerprint density at radius 3 is 1.37 bits per heavy atom. The Morgan fingerprint density at radius 2 is 1.00 bits per heavy atom. The first-order valence-corrected chi connectivity index (χ1v) is 17.0. The molecule has 4 rings (SSSR count). The van der Waals surface area contributed by atoms with Gasteiger partial charge in [-0.05, 0) is 81.8 Å². The molecule has 4 aromatic heterocycles. The minimum atomic E-state index is 1.04. The number of nitrogens with zero attached hydrogens (tertiary/aromatic N) is 2. The van der Waals surface area contributed by atoms with E-state index in [-0.39, 0.29) is 0 Å². The van der Waals surface area contributed by atoms with Crippen molar-refractivity contribution in [2.75, 3.05) is 0 Å². The maximum absolute atomic E-state index is 5.38. The third-order valence-corrected chi connectivity index (χ3v) is 11.1. The van der Waals surface area contributed by atoms with E-state index in [9.17, 15) is 0 Å². The largest absolute Gasteiger partial charge is 0.248 e. The number of aromatic nitrogens is 2. The van der Waals surface area contributed by atoms with Gasteiger partial charge in [0.2, 0.25) is 0 Å². The van der Waals surface area contributed by atoms with Crippen LogP contribution in [0.5, 0.6) is 0 Å². The standard InChI is InChI=1S/C28H34Br2N2S3/c1-3-5-7-9-11-13-19-20(14-12-10-8-6-4-2)32-26-25(31-19)27(21-15-17-23(29)33-21)35-28(26)22-16-18-24(30)34-22/h15-18H,3-14H2,1-2H3. The molecule has 0 aromatic carbocycles. The normalized spacial score (nSPS) is 11.7. The molecule has 0 radical (unpaired) electrons. The monoisotopic (exact) mass is 652 g/mol. The van der Waals surface area contributed by atoms with Gasteiger partial charge in [-0.3, -0.25) is 0 Å². The fourth-order valence-electron chi connectivity index (χ4n) is 4.42. The van der Waals surface area contributed by atoms with E-state index < -0.39 is 0 Å². The average Bonchev–Trinajstić information content (AvgIpc) is 3.56. The van der Waals surface area contributed by atoms with Crippen LogP contribution in [0, 0.1) is 0 Å². The number of hydrogen-bond acceptors (Lipinski definition) is 5. The zero-order chi connectivity index (χ0) is 24.6. The molecule has 0 N–H and O–H groups in total. The zero-order valence-corrected chi connectivity index (χ0v) is 26.3. The third kappa shape index (κ3) is 7.25. The Hall–Kier alpha value is -0.600.